The van der Waals surface area contributed by atoms with Crippen molar-refractivity contribution in [2.24, 2.45) is 0 Å². The Kier molecular flexibility index (Phi) is 3.71. The molecule has 1 saturated heterocycles. The molecule has 1 amide bonds. The zero-order valence-electron chi connectivity index (χ0n) is 12.3. The van der Waals surface area contributed by atoms with E-state index >= 15 is 0 Å². The number of carboxylic acid groups (broad SMARTS) is 1. The molecule has 2 heterocycles. The van der Waals surface area contributed by atoms with Gasteiger partial charge in [-0.25, -0.2) is 0 Å². The molecule has 1 aliphatic heterocycles. The summed E-state index contributed by atoms with van der Waals surface area (Å²) in [6.07, 6.45) is 2.36. The number of nitrogens with zero attached hydrogens (tertiary/aromatic N) is 2. The number of hydrogen-bond acceptors (Lipinski definition) is 3. The molecule has 0 saturated carbocycles. The second-order valence-corrected chi connectivity index (χ2v) is 6.00. The van der Waals surface area contributed by atoms with Crippen molar-refractivity contribution in [3.8, 4) is 0 Å². The van der Waals surface area contributed by atoms with Crippen molar-refractivity contribution in [3.63, 3.8) is 0 Å². The first-order valence-corrected chi connectivity index (χ1v) is 7.48. The number of carboxylic acids is 1. The number of aryl methyl sites for hydroxylation is 1. The molecule has 21 heavy (non-hydrogen) atoms. The van der Waals surface area contributed by atoms with Crippen LogP contribution >= 0.6 is 0 Å². The Morgan fingerprint density at radius 2 is 2.00 bits per heavy atom. The fourth-order valence-corrected chi connectivity index (χ4v) is 3.21. The highest BCUT2D eigenvalue weighted by atomic mass is 16.4. The molecule has 0 radical (unpaired) electrons. The van der Waals surface area contributed by atoms with Crippen molar-refractivity contribution in [2.75, 3.05) is 33.2 Å². The van der Waals surface area contributed by atoms with Crippen LogP contribution in [0.1, 0.15) is 40.5 Å². The number of fused-ring (bicyclic) bond motifs is 1. The smallest absolute Gasteiger partial charge is 0.312 e. The fraction of sp³-hybridized carbons (Fsp3) is 0.600. The summed E-state index contributed by atoms with van der Waals surface area (Å²) >= 11 is 0. The van der Waals surface area contributed by atoms with Gasteiger partial charge >= 0.3 is 5.97 Å². The fourth-order valence-electron chi connectivity index (χ4n) is 3.21. The minimum atomic E-state index is -0.809. The lowest BCUT2D eigenvalue weighted by Crippen LogP contribution is -2.47. The largest absolute Gasteiger partial charge is 0.481 e. The average molecular weight is 291 g/mol. The first kappa shape index (κ1) is 14.1. The van der Waals surface area contributed by atoms with Gasteiger partial charge in [0.05, 0.1) is 5.92 Å². The molecule has 1 aliphatic carbocycles. The molecule has 1 aromatic rings. The number of carbonyl (C=O) groups excluding carboxylic acids is 1. The van der Waals surface area contributed by atoms with Gasteiger partial charge in [0.1, 0.15) is 5.69 Å². The van der Waals surface area contributed by atoms with Crippen molar-refractivity contribution < 1.29 is 14.7 Å². The highest BCUT2D eigenvalue weighted by molar-refractivity contribution is 5.93. The molecule has 6 nitrogen and oxygen atoms in total. The molecule has 0 spiro atoms. The summed E-state index contributed by atoms with van der Waals surface area (Å²) in [7, 11) is 2.05. The van der Waals surface area contributed by atoms with E-state index in [4.69, 9.17) is 0 Å². The molecule has 114 valence electrons. The molecule has 6 heteroatoms. The predicted octanol–water partition coefficient (Wildman–Crippen LogP) is 0.907. The number of aromatic nitrogens is 1. The predicted molar refractivity (Wildman–Crippen MR) is 77.5 cm³/mol. The van der Waals surface area contributed by atoms with Gasteiger partial charge in [-0.3, -0.25) is 9.59 Å². The Morgan fingerprint density at radius 3 is 2.67 bits per heavy atom. The van der Waals surface area contributed by atoms with E-state index in [1.54, 1.807) is 0 Å². The van der Waals surface area contributed by atoms with Crippen LogP contribution in [0.3, 0.4) is 0 Å². The van der Waals surface area contributed by atoms with Gasteiger partial charge in [0.25, 0.3) is 5.91 Å². The third kappa shape index (κ3) is 2.68. The molecule has 1 aromatic heterocycles. The molecule has 2 N–H and O–H groups in total. The van der Waals surface area contributed by atoms with Crippen molar-refractivity contribution in [1.29, 1.82) is 0 Å². The Morgan fingerprint density at radius 1 is 1.29 bits per heavy atom. The highest BCUT2D eigenvalue weighted by Crippen LogP contribution is 2.32. The molecule has 1 atom stereocenters. The van der Waals surface area contributed by atoms with Gasteiger partial charge in [0.15, 0.2) is 0 Å². The number of H-pyrrole nitrogens is 1. The quantitative estimate of drug-likeness (QED) is 0.849. The van der Waals surface area contributed by atoms with Gasteiger partial charge in [-0.05, 0) is 37.9 Å². The second kappa shape index (κ2) is 5.52. The maximum Gasteiger partial charge on any atom is 0.312 e. The van der Waals surface area contributed by atoms with E-state index in [1.165, 1.54) is 0 Å². The van der Waals surface area contributed by atoms with E-state index in [0.29, 0.717) is 12.1 Å². The number of amides is 1. The molecule has 0 bridgehead atoms. The number of carbonyl (C=O) groups is 2. The minimum absolute atomic E-state index is 0.0124. The third-order valence-corrected chi connectivity index (χ3v) is 4.54. The van der Waals surface area contributed by atoms with Crippen LogP contribution in [0.15, 0.2) is 6.07 Å². The summed E-state index contributed by atoms with van der Waals surface area (Å²) in [4.78, 5) is 31.0. The number of rotatable bonds is 2. The molecular formula is C15H21N3O3. The van der Waals surface area contributed by atoms with E-state index in [1.807, 2.05) is 18.0 Å². The van der Waals surface area contributed by atoms with Crippen molar-refractivity contribution >= 4 is 11.9 Å². The van der Waals surface area contributed by atoms with Crippen LogP contribution in [0.5, 0.6) is 0 Å². The van der Waals surface area contributed by atoms with Crippen molar-refractivity contribution in [1.82, 2.24) is 14.8 Å². The second-order valence-electron chi connectivity index (χ2n) is 6.00. The zero-order chi connectivity index (χ0) is 15.0. The number of nitrogens with one attached hydrogen (secondary N) is 1. The molecule has 2 aliphatic rings. The van der Waals surface area contributed by atoms with Crippen molar-refractivity contribution in [2.45, 2.75) is 25.2 Å². The molecular weight excluding hydrogens is 270 g/mol. The molecule has 3 rings (SSSR count). The molecule has 1 fully saturated rings. The first-order valence-electron chi connectivity index (χ1n) is 7.48. The van der Waals surface area contributed by atoms with Crippen LogP contribution in [0.2, 0.25) is 0 Å². The summed E-state index contributed by atoms with van der Waals surface area (Å²) in [5.41, 5.74) is 2.26. The Balaban J connectivity index is 1.80. The number of aliphatic carboxylic acids is 1. The van der Waals surface area contributed by atoms with Crippen LogP contribution in [0.4, 0.5) is 0 Å². The van der Waals surface area contributed by atoms with Crippen LogP contribution in [0, 0.1) is 0 Å². The molecule has 0 aromatic carbocycles. The van der Waals surface area contributed by atoms with Crippen LogP contribution in [-0.4, -0.2) is 65.0 Å². The molecule has 1 unspecified atom stereocenters. The van der Waals surface area contributed by atoms with Crippen LogP contribution in [-0.2, 0) is 11.2 Å². The van der Waals surface area contributed by atoms with Gasteiger partial charge < -0.3 is 19.9 Å². The normalized spacial score (nSPS) is 22.9. The van der Waals surface area contributed by atoms with Crippen LogP contribution < -0.4 is 0 Å². The van der Waals surface area contributed by atoms with E-state index in [0.717, 1.165) is 50.3 Å². The Labute approximate surface area is 123 Å². The third-order valence-electron chi connectivity index (χ3n) is 4.54. The van der Waals surface area contributed by atoms with E-state index in [2.05, 4.69) is 9.88 Å². The Bertz CT molecular complexity index is 559. The summed E-state index contributed by atoms with van der Waals surface area (Å²) in [6, 6.07) is 1.85. The zero-order valence-corrected chi connectivity index (χ0v) is 12.3. The lowest BCUT2D eigenvalue weighted by molar-refractivity contribution is -0.139. The summed E-state index contributed by atoms with van der Waals surface area (Å²) < 4.78 is 0. The summed E-state index contributed by atoms with van der Waals surface area (Å²) in [5, 5.41) is 9.29. The lowest BCUT2D eigenvalue weighted by atomic mass is 9.88. The van der Waals surface area contributed by atoms with E-state index < -0.39 is 11.9 Å². The first-order chi connectivity index (χ1) is 10.1. The van der Waals surface area contributed by atoms with E-state index in [-0.39, 0.29) is 5.91 Å². The standard InChI is InChI=1S/C15H21N3O3/c1-17-5-7-18(8-6-17)14(19)12-9-10-3-2-4-11(15(20)21)13(10)16-12/h9,11,16H,2-8H2,1H3,(H,20,21). The summed E-state index contributed by atoms with van der Waals surface area (Å²) in [5.74, 6) is -1.32. The number of piperazine rings is 1. The van der Waals surface area contributed by atoms with Gasteiger partial charge in [0, 0.05) is 31.9 Å². The SMILES string of the molecule is CN1CCN(C(=O)c2cc3c([nH]2)C(C(=O)O)CCC3)CC1. The van der Waals surface area contributed by atoms with Gasteiger partial charge in [-0.2, -0.15) is 0 Å². The topological polar surface area (TPSA) is 76.6 Å². The number of aromatic amines is 1. The monoisotopic (exact) mass is 291 g/mol. The minimum Gasteiger partial charge on any atom is -0.481 e. The number of likely N-dealkylation sites (N-methyl/N-ethyl adjacent to an activating group) is 1. The van der Waals surface area contributed by atoms with Gasteiger partial charge in [0.2, 0.25) is 0 Å². The maximum atomic E-state index is 12.5. The van der Waals surface area contributed by atoms with E-state index in [9.17, 15) is 14.7 Å². The average Bonchev–Trinajstić information content (AvgIpc) is 2.90. The highest BCUT2D eigenvalue weighted by Gasteiger charge is 2.30. The summed E-state index contributed by atoms with van der Waals surface area (Å²) in [6.45, 7) is 3.20. The lowest BCUT2D eigenvalue weighted by Gasteiger charge is -2.32. The van der Waals surface area contributed by atoms with Gasteiger partial charge in [-0.15, -0.1) is 0 Å². The maximum absolute atomic E-state index is 12.5. The van der Waals surface area contributed by atoms with Gasteiger partial charge in [-0.1, -0.05) is 0 Å². The number of hydrogen-bond donors (Lipinski definition) is 2. The van der Waals surface area contributed by atoms with Crippen LogP contribution in [0.25, 0.3) is 0 Å². The Hall–Kier alpha value is -1.82. The van der Waals surface area contributed by atoms with Crippen molar-refractivity contribution in [3.05, 3.63) is 23.0 Å².